The number of nitrogens with one attached hydrogen (secondary N) is 1. The monoisotopic (exact) mass is 281 g/mol. The van der Waals surface area contributed by atoms with Crippen molar-refractivity contribution in [2.24, 2.45) is 0 Å². The van der Waals surface area contributed by atoms with Gasteiger partial charge < -0.3 is 5.32 Å². The van der Waals surface area contributed by atoms with E-state index in [4.69, 9.17) is 6.42 Å². The van der Waals surface area contributed by atoms with Gasteiger partial charge in [-0.3, -0.25) is 0 Å². The van der Waals surface area contributed by atoms with E-state index in [0.29, 0.717) is 18.4 Å². The molecule has 102 valence electrons. The highest BCUT2D eigenvalue weighted by Gasteiger charge is 2.31. The summed E-state index contributed by atoms with van der Waals surface area (Å²) in [6.45, 7) is 1.93. The third-order valence-corrected chi connectivity index (χ3v) is 5.08. The SMILES string of the molecule is C#CCC(C)NC1CCS(=O)(=O)c2ccc(F)cc21. The Balaban J connectivity index is 2.36. The van der Waals surface area contributed by atoms with Crippen LogP contribution < -0.4 is 5.32 Å². The molecule has 3 nitrogen and oxygen atoms in total. The summed E-state index contributed by atoms with van der Waals surface area (Å²) < 4.78 is 37.3. The standard InChI is InChI=1S/C14H16FNO2S/c1-3-4-10(2)16-13-7-8-19(17,18)14-6-5-11(15)9-12(13)14/h1,5-6,9-10,13,16H,4,7-8H2,2H3. The number of hydrogen-bond acceptors (Lipinski definition) is 3. The summed E-state index contributed by atoms with van der Waals surface area (Å²) in [5.41, 5.74) is 0.509. The van der Waals surface area contributed by atoms with Gasteiger partial charge in [-0.15, -0.1) is 12.3 Å². The van der Waals surface area contributed by atoms with Crippen molar-refractivity contribution in [2.75, 3.05) is 5.75 Å². The second kappa shape index (κ2) is 5.32. The number of benzene rings is 1. The summed E-state index contributed by atoms with van der Waals surface area (Å²) >= 11 is 0. The predicted octanol–water partition coefficient (Wildman–Crippen LogP) is 2.05. The summed E-state index contributed by atoms with van der Waals surface area (Å²) in [6.07, 6.45) is 6.24. The summed E-state index contributed by atoms with van der Waals surface area (Å²) in [7, 11) is -3.29. The minimum Gasteiger partial charge on any atom is -0.306 e. The fourth-order valence-corrected chi connectivity index (χ4v) is 3.97. The molecule has 1 aliphatic rings. The molecular formula is C14H16FNO2S. The van der Waals surface area contributed by atoms with Gasteiger partial charge >= 0.3 is 0 Å². The van der Waals surface area contributed by atoms with Gasteiger partial charge in [0.25, 0.3) is 0 Å². The molecule has 0 aliphatic carbocycles. The first-order valence-corrected chi connectivity index (χ1v) is 7.81. The molecule has 0 saturated heterocycles. The van der Waals surface area contributed by atoms with Crippen LogP contribution >= 0.6 is 0 Å². The smallest absolute Gasteiger partial charge is 0.178 e. The zero-order valence-electron chi connectivity index (χ0n) is 10.7. The van der Waals surface area contributed by atoms with Crippen molar-refractivity contribution in [1.29, 1.82) is 0 Å². The van der Waals surface area contributed by atoms with E-state index in [9.17, 15) is 12.8 Å². The molecule has 5 heteroatoms. The second-order valence-corrected chi connectivity index (χ2v) is 6.90. The first-order chi connectivity index (χ1) is 8.94. The lowest BCUT2D eigenvalue weighted by molar-refractivity contribution is 0.434. The van der Waals surface area contributed by atoms with Crippen LogP contribution in [0, 0.1) is 18.2 Å². The first-order valence-electron chi connectivity index (χ1n) is 6.16. The van der Waals surface area contributed by atoms with Gasteiger partial charge in [-0.2, -0.15) is 0 Å². The fourth-order valence-electron chi connectivity index (χ4n) is 2.37. The molecule has 0 amide bonds. The van der Waals surface area contributed by atoms with Crippen molar-refractivity contribution < 1.29 is 12.8 Å². The first kappa shape index (κ1) is 14.0. The van der Waals surface area contributed by atoms with Crippen molar-refractivity contribution in [2.45, 2.75) is 36.7 Å². The van der Waals surface area contributed by atoms with Gasteiger partial charge in [0.1, 0.15) is 5.82 Å². The maximum atomic E-state index is 13.4. The van der Waals surface area contributed by atoms with Crippen LogP contribution in [0.2, 0.25) is 0 Å². The molecule has 0 radical (unpaired) electrons. The molecule has 1 heterocycles. The van der Waals surface area contributed by atoms with E-state index in [0.717, 1.165) is 0 Å². The van der Waals surface area contributed by atoms with E-state index >= 15 is 0 Å². The second-order valence-electron chi connectivity index (χ2n) is 4.82. The summed E-state index contributed by atoms with van der Waals surface area (Å²) in [4.78, 5) is 0.227. The number of rotatable bonds is 3. The third-order valence-electron chi connectivity index (χ3n) is 3.27. The average molecular weight is 281 g/mol. The van der Waals surface area contributed by atoms with Gasteiger partial charge in [-0.05, 0) is 37.1 Å². The molecule has 0 saturated carbocycles. The highest BCUT2D eigenvalue weighted by atomic mass is 32.2. The van der Waals surface area contributed by atoms with Crippen LogP contribution in [-0.2, 0) is 9.84 Å². The molecule has 0 bridgehead atoms. The van der Waals surface area contributed by atoms with Crippen molar-refractivity contribution in [1.82, 2.24) is 5.32 Å². The molecule has 0 aromatic heterocycles. The molecule has 0 spiro atoms. The lowest BCUT2D eigenvalue weighted by Gasteiger charge is -2.28. The van der Waals surface area contributed by atoms with E-state index in [-0.39, 0.29) is 22.7 Å². The molecule has 1 aromatic rings. The van der Waals surface area contributed by atoms with Gasteiger partial charge in [0.2, 0.25) is 0 Å². The van der Waals surface area contributed by atoms with Gasteiger partial charge in [0.05, 0.1) is 10.6 Å². The van der Waals surface area contributed by atoms with Gasteiger partial charge in [-0.1, -0.05) is 0 Å². The highest BCUT2D eigenvalue weighted by Crippen LogP contribution is 2.33. The Bertz CT molecular complexity index is 619. The van der Waals surface area contributed by atoms with Crippen molar-refractivity contribution >= 4 is 9.84 Å². The van der Waals surface area contributed by atoms with Gasteiger partial charge in [0, 0.05) is 18.5 Å². The van der Waals surface area contributed by atoms with Crippen molar-refractivity contribution in [3.63, 3.8) is 0 Å². The summed E-state index contributed by atoms with van der Waals surface area (Å²) in [5.74, 6) is 2.21. The van der Waals surface area contributed by atoms with Crippen LogP contribution in [0.3, 0.4) is 0 Å². The van der Waals surface area contributed by atoms with Gasteiger partial charge in [-0.25, -0.2) is 12.8 Å². The zero-order chi connectivity index (χ0) is 14.0. The number of sulfone groups is 1. The Kier molecular flexibility index (Phi) is 3.93. The molecule has 2 atom stereocenters. The maximum Gasteiger partial charge on any atom is 0.178 e. The third kappa shape index (κ3) is 2.96. The number of halogens is 1. The normalized spacial score (nSPS) is 22.3. The van der Waals surface area contributed by atoms with E-state index in [2.05, 4.69) is 11.2 Å². The molecule has 1 aliphatic heterocycles. The average Bonchev–Trinajstić information content (AvgIpc) is 2.33. The highest BCUT2D eigenvalue weighted by molar-refractivity contribution is 7.91. The zero-order valence-corrected chi connectivity index (χ0v) is 11.5. The number of fused-ring (bicyclic) bond motifs is 1. The van der Waals surface area contributed by atoms with Crippen molar-refractivity contribution in [3.8, 4) is 12.3 Å². The Morgan fingerprint density at radius 1 is 1.58 bits per heavy atom. The van der Waals surface area contributed by atoms with Crippen LogP contribution in [-0.4, -0.2) is 20.2 Å². The lowest BCUT2D eigenvalue weighted by atomic mass is 10.0. The molecule has 1 N–H and O–H groups in total. The molecule has 1 aromatic carbocycles. The van der Waals surface area contributed by atoms with Crippen LogP contribution in [0.25, 0.3) is 0 Å². The van der Waals surface area contributed by atoms with Crippen molar-refractivity contribution in [3.05, 3.63) is 29.6 Å². The van der Waals surface area contributed by atoms with Crippen LogP contribution in [0.4, 0.5) is 4.39 Å². The molecule has 2 rings (SSSR count). The lowest BCUT2D eigenvalue weighted by Crippen LogP contribution is -2.35. The Morgan fingerprint density at radius 2 is 2.32 bits per heavy atom. The van der Waals surface area contributed by atoms with E-state index in [1.165, 1.54) is 18.2 Å². The largest absolute Gasteiger partial charge is 0.306 e. The Hall–Kier alpha value is -1.38. The van der Waals surface area contributed by atoms with Crippen LogP contribution in [0.5, 0.6) is 0 Å². The molecular weight excluding hydrogens is 265 g/mol. The Labute approximate surface area is 113 Å². The number of hydrogen-bond donors (Lipinski definition) is 1. The van der Waals surface area contributed by atoms with Crippen LogP contribution in [0.1, 0.15) is 31.4 Å². The van der Waals surface area contributed by atoms with Crippen LogP contribution in [0.15, 0.2) is 23.1 Å². The van der Waals surface area contributed by atoms with E-state index in [1.807, 2.05) is 6.92 Å². The topological polar surface area (TPSA) is 46.2 Å². The molecule has 19 heavy (non-hydrogen) atoms. The maximum absolute atomic E-state index is 13.4. The summed E-state index contributed by atoms with van der Waals surface area (Å²) in [6, 6.07) is 3.72. The molecule has 2 unspecified atom stereocenters. The number of terminal acetylenes is 1. The van der Waals surface area contributed by atoms with E-state index < -0.39 is 15.7 Å². The minimum atomic E-state index is -3.29. The Morgan fingerprint density at radius 3 is 3.00 bits per heavy atom. The van der Waals surface area contributed by atoms with Gasteiger partial charge in [0.15, 0.2) is 9.84 Å². The molecule has 0 fully saturated rings. The van der Waals surface area contributed by atoms with E-state index in [1.54, 1.807) is 0 Å². The fraction of sp³-hybridized carbons (Fsp3) is 0.429. The predicted molar refractivity (Wildman–Crippen MR) is 71.9 cm³/mol. The quantitative estimate of drug-likeness (QED) is 0.681. The minimum absolute atomic E-state index is 0.0620. The summed E-state index contributed by atoms with van der Waals surface area (Å²) in [5, 5.41) is 3.27.